The second-order valence-electron chi connectivity index (χ2n) is 2.18. The van der Waals surface area contributed by atoms with Gasteiger partial charge in [-0.2, -0.15) is 0 Å². The van der Waals surface area contributed by atoms with Gasteiger partial charge >= 0.3 is 0 Å². The molecule has 0 aromatic rings. The normalized spacial score (nSPS) is 48.0. The van der Waals surface area contributed by atoms with Crippen molar-refractivity contribution in [2.24, 2.45) is 0 Å². The number of ether oxygens (including phenoxy) is 1. The van der Waals surface area contributed by atoms with Crippen molar-refractivity contribution in [3.63, 3.8) is 0 Å². The maximum absolute atomic E-state index is 12.5. The fourth-order valence-electron chi connectivity index (χ4n) is 0.856. The van der Waals surface area contributed by atoms with Gasteiger partial charge in [-0.05, 0) is 0 Å². The van der Waals surface area contributed by atoms with E-state index in [4.69, 9.17) is 15.3 Å². The van der Waals surface area contributed by atoms with Crippen molar-refractivity contribution in [1.29, 1.82) is 0 Å². The van der Waals surface area contributed by atoms with Gasteiger partial charge in [0.1, 0.15) is 12.2 Å². The number of halogens is 1. The monoisotopic (exact) mass is 152 g/mol. The quantitative estimate of drug-likeness (QED) is 0.423. The van der Waals surface area contributed by atoms with Crippen molar-refractivity contribution >= 4 is 0 Å². The average molecular weight is 152 g/mol. The Morgan fingerprint density at radius 3 is 2.20 bits per heavy atom. The Labute approximate surface area is 56.9 Å². The minimum absolute atomic E-state index is 0.532. The molecular weight excluding hydrogens is 143 g/mol. The molecule has 10 heavy (non-hydrogen) atoms. The van der Waals surface area contributed by atoms with Gasteiger partial charge in [-0.1, -0.05) is 0 Å². The zero-order valence-corrected chi connectivity index (χ0v) is 5.14. The number of rotatable bonds is 1. The molecule has 1 rings (SSSR count). The highest BCUT2D eigenvalue weighted by atomic mass is 19.1. The molecule has 1 saturated heterocycles. The molecule has 0 saturated carbocycles. The summed E-state index contributed by atoms with van der Waals surface area (Å²) in [5, 5.41) is 25.7. The number of hydrogen-bond donors (Lipinski definition) is 3. The van der Waals surface area contributed by atoms with Crippen LogP contribution in [0.3, 0.4) is 0 Å². The van der Waals surface area contributed by atoms with E-state index in [0.717, 1.165) is 0 Å². The van der Waals surface area contributed by atoms with E-state index in [0.29, 0.717) is 0 Å². The molecule has 0 spiro atoms. The van der Waals surface area contributed by atoms with E-state index >= 15 is 0 Å². The summed E-state index contributed by atoms with van der Waals surface area (Å²) in [6.07, 6.45) is -5.82. The molecule has 0 aromatic heterocycles. The molecule has 1 aliphatic heterocycles. The molecule has 0 aromatic carbocycles. The maximum atomic E-state index is 12.5. The van der Waals surface area contributed by atoms with E-state index in [1.165, 1.54) is 0 Å². The van der Waals surface area contributed by atoms with Crippen LogP contribution < -0.4 is 0 Å². The number of hydrogen-bond acceptors (Lipinski definition) is 4. The molecule has 0 amide bonds. The van der Waals surface area contributed by atoms with E-state index in [-0.39, 0.29) is 0 Å². The summed E-state index contributed by atoms with van der Waals surface area (Å²) >= 11 is 0. The van der Waals surface area contributed by atoms with Crippen LogP contribution in [0.1, 0.15) is 0 Å². The Bertz CT molecular complexity index is 120. The first-order chi connectivity index (χ1) is 4.66. The van der Waals surface area contributed by atoms with Gasteiger partial charge in [0.05, 0.1) is 6.61 Å². The van der Waals surface area contributed by atoms with Crippen molar-refractivity contribution < 1.29 is 24.4 Å². The summed E-state index contributed by atoms with van der Waals surface area (Å²) in [6.45, 7) is -0.532. The lowest BCUT2D eigenvalue weighted by Gasteiger charge is -2.06. The van der Waals surface area contributed by atoms with E-state index < -0.39 is 31.3 Å². The van der Waals surface area contributed by atoms with Crippen molar-refractivity contribution in [2.75, 3.05) is 6.61 Å². The molecule has 5 heteroatoms. The molecule has 0 radical (unpaired) electrons. The summed E-state index contributed by atoms with van der Waals surface area (Å²) in [5.74, 6) is 0. The molecule has 0 bridgehead atoms. The summed E-state index contributed by atoms with van der Waals surface area (Å²) < 4.78 is 17.0. The molecule has 4 nitrogen and oxygen atoms in total. The Kier molecular flexibility index (Phi) is 2.20. The summed E-state index contributed by atoms with van der Waals surface area (Å²) in [7, 11) is 0. The van der Waals surface area contributed by atoms with Gasteiger partial charge in [0.2, 0.25) is 0 Å². The highest BCUT2D eigenvalue weighted by Gasteiger charge is 2.42. The van der Waals surface area contributed by atoms with Crippen LogP contribution in [0.25, 0.3) is 0 Å². The predicted molar refractivity (Wildman–Crippen MR) is 28.9 cm³/mol. The molecule has 1 heterocycles. The summed E-state index contributed by atoms with van der Waals surface area (Å²) in [5.41, 5.74) is 0. The first kappa shape index (κ1) is 7.87. The highest BCUT2D eigenvalue weighted by Crippen LogP contribution is 2.21. The number of alkyl halides is 1. The first-order valence-corrected chi connectivity index (χ1v) is 2.93. The minimum atomic E-state index is -1.69. The first-order valence-electron chi connectivity index (χ1n) is 2.93. The lowest BCUT2D eigenvalue weighted by Crippen LogP contribution is -2.29. The Morgan fingerprint density at radius 1 is 1.40 bits per heavy atom. The smallest absolute Gasteiger partial charge is 0.184 e. The lowest BCUT2D eigenvalue weighted by molar-refractivity contribution is -0.132. The lowest BCUT2D eigenvalue weighted by atomic mass is 10.2. The molecular formula is C5H9FO4. The van der Waals surface area contributed by atoms with Gasteiger partial charge in [-0.3, -0.25) is 0 Å². The van der Waals surface area contributed by atoms with Gasteiger partial charge in [0.15, 0.2) is 12.5 Å². The van der Waals surface area contributed by atoms with Crippen molar-refractivity contribution in [3.05, 3.63) is 0 Å². The van der Waals surface area contributed by atoms with Crippen LogP contribution in [0.2, 0.25) is 0 Å². The van der Waals surface area contributed by atoms with Gasteiger partial charge in [-0.15, -0.1) is 0 Å². The van der Waals surface area contributed by atoms with Crippen molar-refractivity contribution in [3.8, 4) is 0 Å². The van der Waals surface area contributed by atoms with Crippen LogP contribution in [0.4, 0.5) is 4.39 Å². The predicted octanol–water partition coefficient (Wildman–Crippen LogP) is -1.61. The standard InChI is InChI=1S/C5H9FO4/c6-3-2(1-7)10-5(9)4(3)8/h2-5,7-9H,1H2/t2?,3-,4+,5-/m0/s1. The fourth-order valence-corrected chi connectivity index (χ4v) is 0.856. The average Bonchev–Trinajstić information content (AvgIpc) is 2.17. The number of aliphatic hydroxyl groups is 3. The summed E-state index contributed by atoms with van der Waals surface area (Å²) in [4.78, 5) is 0. The molecule has 1 unspecified atom stereocenters. The largest absolute Gasteiger partial charge is 0.394 e. The topological polar surface area (TPSA) is 69.9 Å². The Hall–Kier alpha value is -0.230. The van der Waals surface area contributed by atoms with Gasteiger partial charge in [0, 0.05) is 0 Å². The van der Waals surface area contributed by atoms with Gasteiger partial charge in [-0.25, -0.2) is 4.39 Å². The third-order valence-corrected chi connectivity index (χ3v) is 1.47. The van der Waals surface area contributed by atoms with Crippen LogP contribution in [-0.2, 0) is 4.74 Å². The van der Waals surface area contributed by atoms with Crippen LogP contribution in [0.5, 0.6) is 0 Å². The molecule has 3 N–H and O–H groups in total. The Balaban J connectivity index is 2.53. The highest BCUT2D eigenvalue weighted by molar-refractivity contribution is 4.85. The van der Waals surface area contributed by atoms with E-state index in [2.05, 4.69) is 4.74 Å². The fraction of sp³-hybridized carbons (Fsp3) is 1.00. The van der Waals surface area contributed by atoms with E-state index in [1.807, 2.05) is 0 Å². The van der Waals surface area contributed by atoms with Gasteiger partial charge < -0.3 is 20.1 Å². The second kappa shape index (κ2) is 2.79. The van der Waals surface area contributed by atoms with Crippen LogP contribution in [0, 0.1) is 0 Å². The molecule has 60 valence electrons. The van der Waals surface area contributed by atoms with Gasteiger partial charge in [0.25, 0.3) is 0 Å². The van der Waals surface area contributed by atoms with E-state index in [1.54, 1.807) is 0 Å². The zero-order chi connectivity index (χ0) is 7.72. The second-order valence-corrected chi connectivity index (χ2v) is 2.18. The molecule has 1 fully saturated rings. The van der Waals surface area contributed by atoms with E-state index in [9.17, 15) is 4.39 Å². The zero-order valence-electron chi connectivity index (χ0n) is 5.14. The van der Waals surface area contributed by atoms with Crippen LogP contribution in [-0.4, -0.2) is 46.6 Å². The molecule has 0 aliphatic carbocycles. The Morgan fingerprint density at radius 2 is 2.00 bits per heavy atom. The van der Waals surface area contributed by atoms with Crippen molar-refractivity contribution in [1.82, 2.24) is 0 Å². The van der Waals surface area contributed by atoms with Crippen molar-refractivity contribution in [2.45, 2.75) is 24.7 Å². The van der Waals surface area contributed by atoms with Crippen LogP contribution >= 0.6 is 0 Å². The summed E-state index contributed by atoms with van der Waals surface area (Å²) in [6, 6.07) is 0. The third-order valence-electron chi connectivity index (χ3n) is 1.47. The van der Waals surface area contributed by atoms with Crippen LogP contribution in [0.15, 0.2) is 0 Å². The third kappa shape index (κ3) is 1.13. The molecule has 4 atom stereocenters. The SMILES string of the molecule is OCC1O[C@H](O)[C@H](O)[C@H]1F. The molecule has 1 aliphatic rings. The maximum Gasteiger partial charge on any atom is 0.184 e. The minimum Gasteiger partial charge on any atom is -0.394 e. The number of aliphatic hydroxyl groups excluding tert-OH is 3.